The summed E-state index contributed by atoms with van der Waals surface area (Å²) in [4.78, 5) is 7.55. The van der Waals surface area contributed by atoms with Crippen molar-refractivity contribution in [2.75, 3.05) is 5.32 Å². The molecule has 0 saturated carbocycles. The van der Waals surface area contributed by atoms with E-state index < -0.39 is 0 Å². The Kier molecular flexibility index (Phi) is 2.82. The van der Waals surface area contributed by atoms with Crippen molar-refractivity contribution in [2.24, 2.45) is 0 Å². The fourth-order valence-electron chi connectivity index (χ4n) is 2.60. The van der Waals surface area contributed by atoms with Crippen LogP contribution < -0.4 is 5.32 Å². The van der Waals surface area contributed by atoms with Crippen LogP contribution in [-0.4, -0.2) is 9.97 Å². The molecular formula is C18H15N3. The Hall–Kier alpha value is -2.81. The number of hydrogen-bond acceptors (Lipinski definition) is 2. The Labute approximate surface area is 122 Å². The lowest BCUT2D eigenvalue weighted by molar-refractivity contribution is 1.15. The molecule has 2 heterocycles. The third-order valence-corrected chi connectivity index (χ3v) is 3.72. The number of benzene rings is 2. The molecule has 2 aromatic heterocycles. The fourth-order valence-corrected chi connectivity index (χ4v) is 2.60. The van der Waals surface area contributed by atoms with Crippen molar-refractivity contribution >= 4 is 27.5 Å². The Morgan fingerprint density at radius 3 is 2.95 bits per heavy atom. The molecule has 0 bridgehead atoms. The highest BCUT2D eigenvalue weighted by Gasteiger charge is 1.99. The predicted molar refractivity (Wildman–Crippen MR) is 87.4 cm³/mol. The summed E-state index contributed by atoms with van der Waals surface area (Å²) in [6.07, 6.45) is 3.79. The largest absolute Gasteiger partial charge is 0.381 e. The van der Waals surface area contributed by atoms with Crippen molar-refractivity contribution in [1.82, 2.24) is 9.97 Å². The maximum absolute atomic E-state index is 4.34. The SMILES string of the molecule is c1cnc2ccc(CNc3ccc4[nH]ccc4c3)cc2c1. The first-order chi connectivity index (χ1) is 10.4. The quantitative estimate of drug-likeness (QED) is 0.583. The summed E-state index contributed by atoms with van der Waals surface area (Å²) in [6.45, 7) is 0.806. The molecule has 0 radical (unpaired) electrons. The van der Waals surface area contributed by atoms with Crippen LogP contribution >= 0.6 is 0 Å². The van der Waals surface area contributed by atoms with E-state index in [1.54, 1.807) is 0 Å². The number of hydrogen-bond donors (Lipinski definition) is 2. The van der Waals surface area contributed by atoms with Gasteiger partial charge in [0.1, 0.15) is 0 Å². The molecule has 0 atom stereocenters. The monoisotopic (exact) mass is 273 g/mol. The van der Waals surface area contributed by atoms with Gasteiger partial charge in [0.2, 0.25) is 0 Å². The molecule has 102 valence electrons. The van der Waals surface area contributed by atoms with E-state index in [9.17, 15) is 0 Å². The lowest BCUT2D eigenvalue weighted by atomic mass is 10.1. The second-order valence-electron chi connectivity index (χ2n) is 5.16. The highest BCUT2D eigenvalue weighted by molar-refractivity contribution is 5.83. The third-order valence-electron chi connectivity index (χ3n) is 3.72. The van der Waals surface area contributed by atoms with E-state index in [-0.39, 0.29) is 0 Å². The van der Waals surface area contributed by atoms with E-state index in [1.165, 1.54) is 16.3 Å². The average Bonchev–Trinajstić information content (AvgIpc) is 3.00. The van der Waals surface area contributed by atoms with Gasteiger partial charge in [-0.25, -0.2) is 0 Å². The zero-order chi connectivity index (χ0) is 14.1. The van der Waals surface area contributed by atoms with E-state index in [4.69, 9.17) is 0 Å². The number of nitrogens with zero attached hydrogens (tertiary/aromatic N) is 1. The van der Waals surface area contributed by atoms with Crippen LogP contribution in [0.5, 0.6) is 0 Å². The number of rotatable bonds is 3. The summed E-state index contributed by atoms with van der Waals surface area (Å²) in [7, 11) is 0. The second kappa shape index (κ2) is 4.94. The summed E-state index contributed by atoms with van der Waals surface area (Å²) >= 11 is 0. The van der Waals surface area contributed by atoms with Gasteiger partial charge >= 0.3 is 0 Å². The number of anilines is 1. The highest BCUT2D eigenvalue weighted by atomic mass is 14.9. The number of nitrogens with one attached hydrogen (secondary N) is 2. The Morgan fingerprint density at radius 2 is 1.95 bits per heavy atom. The molecule has 4 rings (SSSR count). The lowest BCUT2D eigenvalue weighted by Crippen LogP contribution is -1.99. The molecule has 21 heavy (non-hydrogen) atoms. The summed E-state index contributed by atoms with van der Waals surface area (Å²) in [5.41, 5.74) is 4.59. The molecule has 0 unspecified atom stereocenters. The molecule has 0 amide bonds. The van der Waals surface area contributed by atoms with Crippen LogP contribution in [0.25, 0.3) is 21.8 Å². The van der Waals surface area contributed by atoms with Crippen LogP contribution in [0, 0.1) is 0 Å². The van der Waals surface area contributed by atoms with E-state index in [0.717, 1.165) is 23.3 Å². The number of aromatic amines is 1. The first kappa shape index (κ1) is 12.0. The normalized spacial score (nSPS) is 11.0. The van der Waals surface area contributed by atoms with Crippen LogP contribution in [0.1, 0.15) is 5.56 Å². The van der Waals surface area contributed by atoms with Crippen LogP contribution in [0.2, 0.25) is 0 Å². The second-order valence-corrected chi connectivity index (χ2v) is 5.16. The van der Waals surface area contributed by atoms with Gasteiger partial charge in [-0.15, -0.1) is 0 Å². The smallest absolute Gasteiger partial charge is 0.0702 e. The molecule has 0 fully saturated rings. The minimum atomic E-state index is 0.806. The first-order valence-electron chi connectivity index (χ1n) is 7.03. The zero-order valence-corrected chi connectivity index (χ0v) is 11.5. The van der Waals surface area contributed by atoms with Gasteiger partial charge in [0.15, 0.2) is 0 Å². The molecule has 3 nitrogen and oxygen atoms in total. The van der Waals surface area contributed by atoms with Gasteiger partial charge in [-0.1, -0.05) is 12.1 Å². The van der Waals surface area contributed by atoms with Crippen molar-refractivity contribution in [3.05, 3.63) is 72.6 Å². The van der Waals surface area contributed by atoms with Gasteiger partial charge in [-0.05, 0) is 48.0 Å². The number of H-pyrrole nitrogens is 1. The number of aromatic nitrogens is 2. The Balaban J connectivity index is 1.56. The van der Waals surface area contributed by atoms with E-state index in [0.29, 0.717) is 0 Å². The summed E-state index contributed by atoms with van der Waals surface area (Å²) in [5, 5.41) is 5.88. The molecule has 0 aliphatic rings. The van der Waals surface area contributed by atoms with Gasteiger partial charge in [0.05, 0.1) is 5.52 Å². The Bertz CT molecular complexity index is 908. The molecule has 0 aliphatic heterocycles. The third kappa shape index (κ3) is 2.34. The molecule has 0 saturated heterocycles. The predicted octanol–water partition coefficient (Wildman–Crippen LogP) is 4.33. The molecule has 2 N–H and O–H groups in total. The van der Waals surface area contributed by atoms with E-state index in [1.807, 2.05) is 18.5 Å². The van der Waals surface area contributed by atoms with Crippen molar-refractivity contribution in [3.63, 3.8) is 0 Å². The fraction of sp³-hybridized carbons (Fsp3) is 0.0556. The number of fused-ring (bicyclic) bond motifs is 2. The minimum Gasteiger partial charge on any atom is -0.381 e. The van der Waals surface area contributed by atoms with E-state index >= 15 is 0 Å². The van der Waals surface area contributed by atoms with Gasteiger partial charge in [-0.2, -0.15) is 0 Å². The van der Waals surface area contributed by atoms with Gasteiger partial charge in [0.25, 0.3) is 0 Å². The molecular weight excluding hydrogens is 258 g/mol. The molecule has 3 heteroatoms. The van der Waals surface area contributed by atoms with Gasteiger partial charge in [-0.3, -0.25) is 4.98 Å². The zero-order valence-electron chi connectivity index (χ0n) is 11.5. The maximum atomic E-state index is 4.34. The molecule has 0 spiro atoms. The maximum Gasteiger partial charge on any atom is 0.0702 e. The van der Waals surface area contributed by atoms with E-state index in [2.05, 4.69) is 63.8 Å². The summed E-state index contributed by atoms with van der Waals surface area (Å²) < 4.78 is 0. The van der Waals surface area contributed by atoms with Crippen LogP contribution in [0.4, 0.5) is 5.69 Å². The molecule has 4 aromatic rings. The average molecular weight is 273 g/mol. The topological polar surface area (TPSA) is 40.7 Å². The van der Waals surface area contributed by atoms with Gasteiger partial charge < -0.3 is 10.3 Å². The molecule has 2 aromatic carbocycles. The standard InChI is InChI=1S/C18H15N3/c1-2-14-10-13(3-5-17(14)19-8-1)12-21-16-4-6-18-15(11-16)7-9-20-18/h1-11,20-21H,12H2. The van der Waals surface area contributed by atoms with Crippen molar-refractivity contribution in [2.45, 2.75) is 6.54 Å². The molecule has 0 aliphatic carbocycles. The van der Waals surface area contributed by atoms with Crippen molar-refractivity contribution in [3.8, 4) is 0 Å². The minimum absolute atomic E-state index is 0.806. The summed E-state index contributed by atoms with van der Waals surface area (Å²) in [6, 6.07) is 18.9. The first-order valence-corrected chi connectivity index (χ1v) is 7.03. The van der Waals surface area contributed by atoms with Gasteiger partial charge in [0, 0.05) is 40.9 Å². The van der Waals surface area contributed by atoms with Crippen molar-refractivity contribution in [1.29, 1.82) is 0 Å². The number of pyridine rings is 1. The lowest BCUT2D eigenvalue weighted by Gasteiger charge is -2.07. The van der Waals surface area contributed by atoms with Crippen LogP contribution in [0.3, 0.4) is 0 Å². The van der Waals surface area contributed by atoms with Crippen LogP contribution in [0.15, 0.2) is 67.0 Å². The van der Waals surface area contributed by atoms with Crippen molar-refractivity contribution < 1.29 is 0 Å². The van der Waals surface area contributed by atoms with Crippen LogP contribution in [-0.2, 0) is 6.54 Å². The summed E-state index contributed by atoms with van der Waals surface area (Å²) in [5.74, 6) is 0. The Morgan fingerprint density at radius 1 is 0.952 bits per heavy atom. The highest BCUT2D eigenvalue weighted by Crippen LogP contribution is 2.19.